The fourth-order valence-electron chi connectivity index (χ4n) is 3.33. The number of hydrogen-bond acceptors (Lipinski definition) is 4. The maximum atomic E-state index is 11.2. The van der Waals surface area contributed by atoms with E-state index in [4.69, 9.17) is 0 Å². The monoisotopic (exact) mass is 400 g/mol. The predicted octanol–water partition coefficient (Wildman–Crippen LogP) is 2.55. The third kappa shape index (κ3) is 19.6. The van der Waals surface area contributed by atoms with Crippen LogP contribution < -0.4 is 29.6 Å². The molecule has 0 aromatic heterocycles. The van der Waals surface area contributed by atoms with E-state index in [2.05, 4.69) is 6.92 Å². The molecule has 0 saturated heterocycles. The Bertz CT molecular complexity index is 385. The predicted molar refractivity (Wildman–Crippen MR) is 105 cm³/mol. The molecule has 6 heteroatoms. The van der Waals surface area contributed by atoms with E-state index in [0.29, 0.717) is 6.42 Å². The quantitative estimate of drug-likeness (QED) is 0.218. The summed E-state index contributed by atoms with van der Waals surface area (Å²) in [6.07, 6.45) is 17.2. The van der Waals surface area contributed by atoms with Crippen molar-refractivity contribution in [1.82, 2.24) is 0 Å². The Hall–Kier alpha value is 0.870. The third-order valence-electron chi connectivity index (χ3n) is 4.89. The Morgan fingerprint density at radius 3 is 1.42 bits per heavy atom. The van der Waals surface area contributed by atoms with Gasteiger partial charge in [0.2, 0.25) is 0 Å². The molecule has 2 atom stereocenters. The SMILES string of the molecule is CCCCCCCCCCCCCCCCC(CC(C)O)S(=O)(=O)[O-].[Na+]. The minimum atomic E-state index is -4.29. The standard InChI is InChI=1S/C20H42O4S.Na/c1-3-4-5-6-7-8-9-10-11-12-13-14-15-16-17-20(18-19(2)21)25(22,23)24;/h19-21H,3-18H2,1-2H3,(H,22,23,24);/q;+1/p-1. The number of hydrogen-bond donors (Lipinski definition) is 1. The molecule has 0 aromatic carbocycles. The maximum Gasteiger partial charge on any atom is 1.00 e. The molecule has 1 N–H and O–H groups in total. The topological polar surface area (TPSA) is 77.4 Å². The van der Waals surface area contributed by atoms with E-state index < -0.39 is 21.5 Å². The van der Waals surface area contributed by atoms with Gasteiger partial charge in [0.25, 0.3) is 0 Å². The van der Waals surface area contributed by atoms with Gasteiger partial charge in [0.15, 0.2) is 0 Å². The summed E-state index contributed by atoms with van der Waals surface area (Å²) < 4.78 is 33.5. The molecule has 0 aromatic rings. The van der Waals surface area contributed by atoms with E-state index in [0.717, 1.165) is 19.3 Å². The molecular weight excluding hydrogens is 359 g/mol. The molecule has 2 unspecified atom stereocenters. The van der Waals surface area contributed by atoms with Crippen LogP contribution in [0.25, 0.3) is 0 Å². The van der Waals surface area contributed by atoms with Crippen LogP contribution in [0.2, 0.25) is 0 Å². The second-order valence-electron chi connectivity index (χ2n) is 7.58. The summed E-state index contributed by atoms with van der Waals surface area (Å²) in [4.78, 5) is 0. The van der Waals surface area contributed by atoms with Crippen molar-refractivity contribution in [2.24, 2.45) is 0 Å². The zero-order chi connectivity index (χ0) is 19.0. The Labute approximate surface area is 185 Å². The second-order valence-corrected chi connectivity index (χ2v) is 9.24. The van der Waals surface area contributed by atoms with Gasteiger partial charge in [-0.1, -0.05) is 96.8 Å². The van der Waals surface area contributed by atoms with Crippen molar-refractivity contribution in [1.29, 1.82) is 0 Å². The molecule has 0 aliphatic rings. The van der Waals surface area contributed by atoms with Gasteiger partial charge >= 0.3 is 29.6 Å². The first-order chi connectivity index (χ1) is 11.9. The summed E-state index contributed by atoms with van der Waals surface area (Å²) >= 11 is 0. The second kappa shape index (κ2) is 19.2. The summed E-state index contributed by atoms with van der Waals surface area (Å²) in [5.41, 5.74) is 0. The van der Waals surface area contributed by atoms with Crippen LogP contribution in [0, 0.1) is 0 Å². The summed E-state index contributed by atoms with van der Waals surface area (Å²) in [5.74, 6) is 0. The van der Waals surface area contributed by atoms with Crippen LogP contribution in [0.1, 0.15) is 117 Å². The molecule has 26 heavy (non-hydrogen) atoms. The van der Waals surface area contributed by atoms with Crippen molar-refractivity contribution < 1.29 is 47.6 Å². The van der Waals surface area contributed by atoms with Gasteiger partial charge in [0.1, 0.15) is 0 Å². The van der Waals surface area contributed by atoms with Crippen molar-refractivity contribution in [3.05, 3.63) is 0 Å². The van der Waals surface area contributed by atoms with E-state index in [1.807, 2.05) is 0 Å². The van der Waals surface area contributed by atoms with Gasteiger partial charge in [-0.05, 0) is 19.8 Å². The minimum Gasteiger partial charge on any atom is -0.748 e. The van der Waals surface area contributed by atoms with Crippen molar-refractivity contribution >= 4 is 10.1 Å². The number of rotatable bonds is 18. The van der Waals surface area contributed by atoms with Crippen LogP contribution in [0.5, 0.6) is 0 Å². The van der Waals surface area contributed by atoms with E-state index >= 15 is 0 Å². The molecule has 0 radical (unpaired) electrons. The number of aliphatic hydroxyl groups is 1. The Balaban J connectivity index is 0. The van der Waals surface area contributed by atoms with E-state index in [1.165, 1.54) is 77.6 Å². The van der Waals surface area contributed by atoms with Crippen LogP contribution in [0.15, 0.2) is 0 Å². The average Bonchev–Trinajstić information content (AvgIpc) is 2.52. The molecule has 0 saturated carbocycles. The average molecular weight is 401 g/mol. The zero-order valence-corrected chi connectivity index (χ0v) is 20.4. The molecule has 152 valence electrons. The van der Waals surface area contributed by atoms with Gasteiger partial charge in [0, 0.05) is 0 Å². The molecule has 0 aliphatic carbocycles. The number of unbranched alkanes of at least 4 members (excludes halogenated alkanes) is 13. The van der Waals surface area contributed by atoms with Crippen molar-refractivity contribution in [2.45, 2.75) is 128 Å². The van der Waals surface area contributed by atoms with Gasteiger partial charge in [-0.2, -0.15) is 0 Å². The van der Waals surface area contributed by atoms with Gasteiger partial charge < -0.3 is 9.66 Å². The van der Waals surface area contributed by atoms with E-state index in [1.54, 1.807) is 0 Å². The van der Waals surface area contributed by atoms with Crippen LogP contribution in [-0.4, -0.2) is 29.4 Å². The van der Waals surface area contributed by atoms with Gasteiger partial charge in [-0.15, -0.1) is 0 Å². The molecule has 0 fully saturated rings. The Morgan fingerprint density at radius 1 is 0.769 bits per heavy atom. The van der Waals surface area contributed by atoms with Crippen LogP contribution in [-0.2, 0) is 10.1 Å². The summed E-state index contributed by atoms with van der Waals surface area (Å²) in [6, 6.07) is 0. The van der Waals surface area contributed by atoms with Crippen LogP contribution in [0.4, 0.5) is 0 Å². The fourth-order valence-corrected chi connectivity index (χ4v) is 4.30. The first-order valence-electron chi connectivity index (χ1n) is 10.5. The summed E-state index contributed by atoms with van der Waals surface area (Å²) in [5, 5.41) is 8.37. The van der Waals surface area contributed by atoms with Gasteiger partial charge in [-0.25, -0.2) is 8.42 Å². The van der Waals surface area contributed by atoms with Crippen LogP contribution >= 0.6 is 0 Å². The molecule has 4 nitrogen and oxygen atoms in total. The van der Waals surface area contributed by atoms with Gasteiger partial charge in [0.05, 0.1) is 21.5 Å². The van der Waals surface area contributed by atoms with Crippen molar-refractivity contribution in [3.8, 4) is 0 Å². The van der Waals surface area contributed by atoms with Crippen LogP contribution in [0.3, 0.4) is 0 Å². The molecule has 0 heterocycles. The van der Waals surface area contributed by atoms with E-state index in [9.17, 15) is 18.1 Å². The first-order valence-corrected chi connectivity index (χ1v) is 12.0. The Kier molecular flexibility index (Phi) is 21.5. The molecule has 0 bridgehead atoms. The minimum absolute atomic E-state index is 0. The van der Waals surface area contributed by atoms with Crippen molar-refractivity contribution in [2.75, 3.05) is 0 Å². The Morgan fingerprint density at radius 2 is 1.12 bits per heavy atom. The van der Waals surface area contributed by atoms with E-state index in [-0.39, 0.29) is 36.0 Å². The smallest absolute Gasteiger partial charge is 0.748 e. The first kappa shape index (κ1) is 29.1. The molecular formula is C20H41NaO4S. The number of aliphatic hydroxyl groups excluding tert-OH is 1. The summed E-state index contributed by atoms with van der Waals surface area (Å²) in [6.45, 7) is 3.78. The normalized spacial score (nSPS) is 14.0. The van der Waals surface area contributed by atoms with Crippen molar-refractivity contribution in [3.63, 3.8) is 0 Å². The molecule has 0 spiro atoms. The fraction of sp³-hybridized carbons (Fsp3) is 1.00. The summed E-state index contributed by atoms with van der Waals surface area (Å²) in [7, 11) is -4.29. The largest absolute Gasteiger partial charge is 1.00 e. The zero-order valence-electron chi connectivity index (χ0n) is 17.5. The van der Waals surface area contributed by atoms with Gasteiger partial charge in [-0.3, -0.25) is 0 Å². The molecule has 0 amide bonds. The maximum absolute atomic E-state index is 11.2. The molecule has 0 aliphatic heterocycles. The third-order valence-corrected chi connectivity index (χ3v) is 6.14. The molecule has 0 rings (SSSR count).